The Morgan fingerprint density at radius 3 is 2.15 bits per heavy atom. The van der Waals surface area contributed by atoms with Crippen LogP contribution in [0.4, 0.5) is 5.69 Å². The molecule has 0 aromatic heterocycles. The number of halogens is 3. The van der Waals surface area contributed by atoms with Gasteiger partial charge in [0, 0.05) is 29.1 Å². The van der Waals surface area contributed by atoms with Gasteiger partial charge in [-0.25, -0.2) is 8.42 Å². The third-order valence-electron chi connectivity index (χ3n) is 5.86. The average molecular weight is 611 g/mol. The number of carbonyl (C=O) groups excluding carboxylic acids is 2. The minimum absolute atomic E-state index is 0.0254. The summed E-state index contributed by atoms with van der Waals surface area (Å²) in [5.74, 6) is -0.989. The number of nitrogens with zero attached hydrogens (tertiary/aromatic N) is 2. The Morgan fingerprint density at radius 2 is 1.54 bits per heavy atom. The third kappa shape index (κ3) is 8.60. The van der Waals surface area contributed by atoms with E-state index in [1.54, 1.807) is 24.3 Å². The van der Waals surface area contributed by atoms with E-state index in [1.165, 1.54) is 23.1 Å². The van der Waals surface area contributed by atoms with Crippen LogP contribution in [0.3, 0.4) is 0 Å². The lowest BCUT2D eigenvalue weighted by atomic mass is 10.0. The molecule has 0 aliphatic carbocycles. The van der Waals surface area contributed by atoms with Gasteiger partial charge in [0.25, 0.3) is 0 Å². The van der Waals surface area contributed by atoms with Crippen molar-refractivity contribution < 1.29 is 18.0 Å². The Labute approximate surface area is 244 Å². The number of amides is 2. The van der Waals surface area contributed by atoms with Crippen molar-refractivity contribution in [1.29, 1.82) is 0 Å². The van der Waals surface area contributed by atoms with Crippen molar-refractivity contribution in [2.24, 2.45) is 0 Å². The minimum atomic E-state index is -3.97. The summed E-state index contributed by atoms with van der Waals surface area (Å²) in [6.07, 6.45) is 1.18. The summed E-state index contributed by atoms with van der Waals surface area (Å²) < 4.78 is 26.6. The maximum atomic E-state index is 14.0. The van der Waals surface area contributed by atoms with Crippen LogP contribution in [0.1, 0.15) is 25.0 Å². The fraction of sp³-hybridized carbons (Fsp3) is 0.286. The molecular formula is C28H30Cl3N3O4S. The Hall–Kier alpha value is -2.78. The fourth-order valence-corrected chi connectivity index (χ4v) is 5.50. The molecule has 0 heterocycles. The van der Waals surface area contributed by atoms with E-state index in [2.05, 4.69) is 5.32 Å². The normalized spacial score (nSPS) is 12.2. The van der Waals surface area contributed by atoms with E-state index in [9.17, 15) is 18.0 Å². The van der Waals surface area contributed by atoms with E-state index in [0.29, 0.717) is 10.6 Å². The molecule has 0 saturated carbocycles. The molecule has 7 nitrogen and oxygen atoms in total. The number of carbonyl (C=O) groups is 2. The maximum absolute atomic E-state index is 14.0. The number of hydrogen-bond acceptors (Lipinski definition) is 4. The number of hydrogen-bond donors (Lipinski definition) is 1. The molecule has 0 bridgehead atoms. The highest BCUT2D eigenvalue weighted by Gasteiger charge is 2.34. The molecule has 0 spiro atoms. The van der Waals surface area contributed by atoms with Crippen LogP contribution in [0.5, 0.6) is 0 Å². The lowest BCUT2D eigenvalue weighted by Gasteiger charge is -2.34. The van der Waals surface area contributed by atoms with Crippen molar-refractivity contribution >= 4 is 62.3 Å². The van der Waals surface area contributed by atoms with Gasteiger partial charge in [0.15, 0.2) is 0 Å². The molecule has 0 aliphatic heterocycles. The first kappa shape index (κ1) is 30.8. The van der Waals surface area contributed by atoms with Crippen molar-refractivity contribution in [2.75, 3.05) is 17.1 Å². The number of anilines is 1. The Bertz CT molecular complexity index is 1420. The van der Waals surface area contributed by atoms with Crippen LogP contribution >= 0.6 is 34.8 Å². The van der Waals surface area contributed by atoms with Crippen LogP contribution in [0.15, 0.2) is 72.8 Å². The van der Waals surface area contributed by atoms with Crippen molar-refractivity contribution in [3.05, 3.63) is 99.0 Å². The van der Waals surface area contributed by atoms with Crippen molar-refractivity contribution in [3.8, 4) is 0 Å². The molecule has 0 radical (unpaired) electrons. The summed E-state index contributed by atoms with van der Waals surface area (Å²) in [7, 11) is -3.97. The smallest absolute Gasteiger partial charge is 0.244 e. The van der Waals surface area contributed by atoms with Crippen LogP contribution in [0, 0.1) is 0 Å². The summed E-state index contributed by atoms with van der Waals surface area (Å²) in [4.78, 5) is 28.9. The van der Waals surface area contributed by atoms with Gasteiger partial charge in [0.05, 0.1) is 17.0 Å². The molecule has 1 N–H and O–H groups in total. The van der Waals surface area contributed by atoms with E-state index < -0.39 is 28.5 Å². The molecule has 3 rings (SSSR count). The van der Waals surface area contributed by atoms with Crippen LogP contribution in [0.25, 0.3) is 0 Å². The fourth-order valence-electron chi connectivity index (χ4n) is 4.02. The highest BCUT2D eigenvalue weighted by molar-refractivity contribution is 7.92. The standard InChI is InChI=1S/C28H30Cl3N3O4S/c1-19(2)32-28(36)26(15-20-9-5-4-6-10-20)33(17-21-11-7-8-12-23(21)30)27(35)18-34(39(3,37)38)25-16-22(29)13-14-24(25)31/h4-14,16,19,26H,15,17-18H2,1-3H3,(H,32,36). The lowest BCUT2D eigenvalue weighted by molar-refractivity contribution is -0.140. The second-order valence-corrected chi connectivity index (χ2v) is 12.5. The van der Waals surface area contributed by atoms with Gasteiger partial charge in [-0.15, -0.1) is 0 Å². The van der Waals surface area contributed by atoms with Gasteiger partial charge in [0.1, 0.15) is 12.6 Å². The van der Waals surface area contributed by atoms with Gasteiger partial charge in [-0.2, -0.15) is 0 Å². The van der Waals surface area contributed by atoms with Crippen LogP contribution in [0.2, 0.25) is 15.1 Å². The van der Waals surface area contributed by atoms with Gasteiger partial charge in [-0.3, -0.25) is 13.9 Å². The molecule has 0 saturated heterocycles. The van der Waals surface area contributed by atoms with Crippen molar-refractivity contribution in [2.45, 2.75) is 38.9 Å². The number of nitrogens with one attached hydrogen (secondary N) is 1. The molecule has 11 heteroatoms. The highest BCUT2D eigenvalue weighted by atomic mass is 35.5. The summed E-state index contributed by atoms with van der Waals surface area (Å²) in [5, 5.41) is 3.66. The highest BCUT2D eigenvalue weighted by Crippen LogP contribution is 2.31. The lowest BCUT2D eigenvalue weighted by Crippen LogP contribution is -2.54. The number of rotatable bonds is 11. The predicted octanol–water partition coefficient (Wildman–Crippen LogP) is 5.58. The Morgan fingerprint density at radius 1 is 0.897 bits per heavy atom. The molecular weight excluding hydrogens is 581 g/mol. The van der Waals surface area contributed by atoms with E-state index in [1.807, 2.05) is 44.2 Å². The van der Waals surface area contributed by atoms with E-state index in [0.717, 1.165) is 16.1 Å². The quantitative estimate of drug-likeness (QED) is 0.307. The van der Waals surface area contributed by atoms with Gasteiger partial charge in [-0.1, -0.05) is 83.3 Å². The summed E-state index contributed by atoms with van der Waals surface area (Å²) in [6.45, 7) is 3.01. The first-order valence-electron chi connectivity index (χ1n) is 12.2. The molecule has 1 unspecified atom stereocenters. The average Bonchev–Trinajstić information content (AvgIpc) is 2.86. The summed E-state index contributed by atoms with van der Waals surface area (Å²) in [6, 6.07) is 19.5. The molecule has 39 heavy (non-hydrogen) atoms. The van der Waals surface area contributed by atoms with Gasteiger partial charge >= 0.3 is 0 Å². The maximum Gasteiger partial charge on any atom is 0.244 e. The monoisotopic (exact) mass is 609 g/mol. The molecule has 0 aliphatic rings. The summed E-state index contributed by atoms with van der Waals surface area (Å²) >= 11 is 18.9. The first-order chi connectivity index (χ1) is 18.4. The SMILES string of the molecule is CC(C)NC(=O)C(Cc1ccccc1)N(Cc1ccccc1Cl)C(=O)CN(c1cc(Cl)ccc1Cl)S(C)(=O)=O. The molecule has 1 atom stereocenters. The van der Waals surface area contributed by atoms with Gasteiger partial charge in [-0.05, 0) is 49.2 Å². The largest absolute Gasteiger partial charge is 0.352 e. The van der Waals surface area contributed by atoms with Crippen molar-refractivity contribution in [1.82, 2.24) is 10.2 Å². The molecule has 3 aromatic carbocycles. The Balaban J connectivity index is 2.09. The molecule has 0 fully saturated rings. The van der Waals surface area contributed by atoms with Crippen LogP contribution in [-0.4, -0.2) is 50.0 Å². The second kappa shape index (κ2) is 13.5. The molecule has 3 aromatic rings. The predicted molar refractivity (Wildman–Crippen MR) is 158 cm³/mol. The zero-order valence-corrected chi connectivity index (χ0v) is 24.9. The number of sulfonamides is 1. The van der Waals surface area contributed by atoms with Crippen molar-refractivity contribution in [3.63, 3.8) is 0 Å². The first-order valence-corrected chi connectivity index (χ1v) is 15.1. The molecule has 208 valence electrons. The van der Waals surface area contributed by atoms with Gasteiger partial charge in [0.2, 0.25) is 21.8 Å². The third-order valence-corrected chi connectivity index (χ3v) is 7.91. The zero-order valence-electron chi connectivity index (χ0n) is 21.8. The summed E-state index contributed by atoms with van der Waals surface area (Å²) in [5.41, 5.74) is 1.50. The van der Waals surface area contributed by atoms with Gasteiger partial charge < -0.3 is 10.2 Å². The zero-order chi connectivity index (χ0) is 28.7. The number of benzene rings is 3. The molecule has 2 amide bonds. The Kier molecular flexibility index (Phi) is 10.7. The van der Waals surface area contributed by atoms with E-state index in [-0.39, 0.29) is 40.6 Å². The second-order valence-electron chi connectivity index (χ2n) is 9.35. The topological polar surface area (TPSA) is 86.8 Å². The van der Waals surface area contributed by atoms with E-state index >= 15 is 0 Å². The van der Waals surface area contributed by atoms with Crippen LogP contribution in [-0.2, 0) is 32.6 Å². The minimum Gasteiger partial charge on any atom is -0.352 e. The van der Waals surface area contributed by atoms with Crippen LogP contribution < -0.4 is 9.62 Å². The van der Waals surface area contributed by atoms with E-state index in [4.69, 9.17) is 34.8 Å².